The van der Waals surface area contributed by atoms with E-state index in [1.807, 2.05) is 13.0 Å². The molecular weight excluding hydrogens is 249 g/mol. The van der Waals surface area contributed by atoms with Gasteiger partial charge in [-0.25, -0.2) is 9.18 Å². The average molecular weight is 267 g/mol. The van der Waals surface area contributed by atoms with E-state index in [0.29, 0.717) is 13.0 Å². The SMILES string of the molecule is C[C@@H](NCC1CCC(C(=O)O)O1)c1cccc(F)c1. The maximum absolute atomic E-state index is 13.1. The molecule has 0 spiro atoms. The molecule has 1 fully saturated rings. The predicted octanol–water partition coefficient (Wildman–Crippen LogP) is 2.11. The number of ether oxygens (including phenoxy) is 1. The smallest absolute Gasteiger partial charge is 0.332 e. The molecule has 0 bridgehead atoms. The van der Waals surface area contributed by atoms with Gasteiger partial charge in [0.15, 0.2) is 6.10 Å². The summed E-state index contributed by atoms with van der Waals surface area (Å²) in [7, 11) is 0. The molecule has 0 saturated carbocycles. The lowest BCUT2D eigenvalue weighted by Crippen LogP contribution is -2.30. The molecule has 104 valence electrons. The molecule has 1 aliphatic rings. The number of hydrogen-bond donors (Lipinski definition) is 2. The Morgan fingerprint density at radius 3 is 3.00 bits per heavy atom. The van der Waals surface area contributed by atoms with Gasteiger partial charge in [0, 0.05) is 12.6 Å². The fraction of sp³-hybridized carbons (Fsp3) is 0.500. The number of nitrogens with one attached hydrogen (secondary N) is 1. The number of hydrogen-bond acceptors (Lipinski definition) is 3. The van der Waals surface area contributed by atoms with Gasteiger partial charge >= 0.3 is 5.97 Å². The fourth-order valence-electron chi connectivity index (χ4n) is 2.24. The lowest BCUT2D eigenvalue weighted by molar-refractivity contribution is -0.149. The zero-order valence-electron chi connectivity index (χ0n) is 10.8. The Labute approximate surface area is 111 Å². The van der Waals surface area contributed by atoms with Crippen LogP contribution >= 0.6 is 0 Å². The van der Waals surface area contributed by atoms with E-state index in [9.17, 15) is 9.18 Å². The van der Waals surface area contributed by atoms with Crippen molar-refractivity contribution in [3.05, 3.63) is 35.6 Å². The molecule has 1 saturated heterocycles. The number of carbonyl (C=O) groups is 1. The number of benzene rings is 1. The molecule has 0 aliphatic carbocycles. The Bertz CT molecular complexity index is 452. The average Bonchev–Trinajstić information content (AvgIpc) is 2.85. The number of aliphatic carboxylic acids is 1. The number of rotatable bonds is 5. The van der Waals surface area contributed by atoms with Crippen molar-refractivity contribution in [2.75, 3.05) is 6.54 Å². The zero-order chi connectivity index (χ0) is 13.8. The normalized spacial score (nSPS) is 24.3. The van der Waals surface area contributed by atoms with Crippen molar-refractivity contribution in [3.8, 4) is 0 Å². The second kappa shape index (κ2) is 6.12. The summed E-state index contributed by atoms with van der Waals surface area (Å²) in [5.74, 6) is -1.16. The molecule has 1 aliphatic heterocycles. The third-order valence-electron chi connectivity index (χ3n) is 3.38. The monoisotopic (exact) mass is 267 g/mol. The standard InChI is InChI=1S/C14H18FNO3/c1-9(10-3-2-4-11(15)7-10)16-8-12-5-6-13(19-12)14(17)18/h2-4,7,9,12-13,16H,5-6,8H2,1H3,(H,17,18)/t9-,12?,13?/m1/s1. The fourth-order valence-corrected chi connectivity index (χ4v) is 2.24. The molecule has 2 unspecified atom stereocenters. The highest BCUT2D eigenvalue weighted by Gasteiger charge is 2.30. The largest absolute Gasteiger partial charge is 0.479 e. The van der Waals surface area contributed by atoms with Crippen molar-refractivity contribution in [1.29, 1.82) is 0 Å². The first-order valence-electron chi connectivity index (χ1n) is 6.43. The molecule has 3 atom stereocenters. The van der Waals surface area contributed by atoms with Crippen LogP contribution in [-0.4, -0.2) is 29.8 Å². The molecule has 0 radical (unpaired) electrons. The summed E-state index contributed by atoms with van der Waals surface area (Å²) in [4.78, 5) is 10.8. The zero-order valence-corrected chi connectivity index (χ0v) is 10.8. The lowest BCUT2D eigenvalue weighted by atomic mass is 10.1. The summed E-state index contributed by atoms with van der Waals surface area (Å²) >= 11 is 0. The summed E-state index contributed by atoms with van der Waals surface area (Å²) in [5.41, 5.74) is 0.868. The van der Waals surface area contributed by atoms with Crippen molar-refractivity contribution in [2.24, 2.45) is 0 Å². The molecule has 5 heteroatoms. The first-order valence-corrected chi connectivity index (χ1v) is 6.43. The molecule has 19 heavy (non-hydrogen) atoms. The van der Waals surface area contributed by atoms with E-state index in [1.165, 1.54) is 12.1 Å². The van der Waals surface area contributed by atoms with Gasteiger partial charge in [-0.3, -0.25) is 0 Å². The van der Waals surface area contributed by atoms with Crippen LogP contribution in [0.2, 0.25) is 0 Å². The van der Waals surface area contributed by atoms with Gasteiger partial charge in [0.05, 0.1) is 6.10 Å². The molecule has 2 N–H and O–H groups in total. The highest BCUT2D eigenvalue weighted by atomic mass is 19.1. The van der Waals surface area contributed by atoms with E-state index >= 15 is 0 Å². The van der Waals surface area contributed by atoms with E-state index in [0.717, 1.165) is 12.0 Å². The van der Waals surface area contributed by atoms with Crippen LogP contribution in [-0.2, 0) is 9.53 Å². The van der Waals surface area contributed by atoms with Gasteiger partial charge in [0.2, 0.25) is 0 Å². The van der Waals surface area contributed by atoms with E-state index in [4.69, 9.17) is 9.84 Å². The highest BCUT2D eigenvalue weighted by molar-refractivity contribution is 5.72. The second-order valence-corrected chi connectivity index (χ2v) is 4.85. The third kappa shape index (κ3) is 3.75. The Hall–Kier alpha value is -1.46. The summed E-state index contributed by atoms with van der Waals surface area (Å²) in [6.45, 7) is 2.51. The van der Waals surface area contributed by atoms with Crippen molar-refractivity contribution in [3.63, 3.8) is 0 Å². The minimum atomic E-state index is -0.902. The molecule has 1 aromatic rings. The number of carboxylic acids is 1. The van der Waals surface area contributed by atoms with Crippen LogP contribution in [0.25, 0.3) is 0 Å². The van der Waals surface area contributed by atoms with Gasteiger partial charge in [-0.1, -0.05) is 12.1 Å². The van der Waals surface area contributed by atoms with Gasteiger partial charge in [-0.15, -0.1) is 0 Å². The summed E-state index contributed by atoms with van der Waals surface area (Å²) in [6, 6.07) is 6.44. The molecular formula is C14H18FNO3. The van der Waals surface area contributed by atoms with Crippen molar-refractivity contribution >= 4 is 5.97 Å². The van der Waals surface area contributed by atoms with E-state index in [-0.39, 0.29) is 18.0 Å². The Morgan fingerprint density at radius 2 is 2.37 bits per heavy atom. The summed E-state index contributed by atoms with van der Waals surface area (Å²) < 4.78 is 18.5. The van der Waals surface area contributed by atoms with E-state index < -0.39 is 12.1 Å². The van der Waals surface area contributed by atoms with Gasteiger partial charge in [0.1, 0.15) is 5.82 Å². The predicted molar refractivity (Wildman–Crippen MR) is 68.3 cm³/mol. The van der Waals surface area contributed by atoms with Crippen LogP contribution in [0.4, 0.5) is 4.39 Å². The van der Waals surface area contributed by atoms with E-state index in [1.54, 1.807) is 6.07 Å². The van der Waals surface area contributed by atoms with Crippen molar-refractivity contribution in [2.45, 2.75) is 38.0 Å². The molecule has 4 nitrogen and oxygen atoms in total. The first-order chi connectivity index (χ1) is 9.06. The summed E-state index contributed by atoms with van der Waals surface area (Å²) in [6.07, 6.45) is 0.518. The molecule has 2 rings (SSSR count). The Morgan fingerprint density at radius 1 is 1.58 bits per heavy atom. The Kier molecular flexibility index (Phi) is 4.50. The minimum Gasteiger partial charge on any atom is -0.479 e. The maximum Gasteiger partial charge on any atom is 0.332 e. The van der Waals surface area contributed by atoms with Crippen molar-refractivity contribution < 1.29 is 19.0 Å². The van der Waals surface area contributed by atoms with Crippen molar-refractivity contribution in [1.82, 2.24) is 5.32 Å². The van der Waals surface area contributed by atoms with Gasteiger partial charge in [-0.05, 0) is 37.5 Å². The second-order valence-electron chi connectivity index (χ2n) is 4.85. The van der Waals surface area contributed by atoms with Crippen LogP contribution < -0.4 is 5.32 Å². The lowest BCUT2D eigenvalue weighted by Gasteiger charge is -2.18. The summed E-state index contributed by atoms with van der Waals surface area (Å²) in [5, 5.41) is 12.1. The topological polar surface area (TPSA) is 58.6 Å². The quantitative estimate of drug-likeness (QED) is 0.858. The molecule has 1 aromatic carbocycles. The van der Waals surface area contributed by atoms with Gasteiger partial charge in [0.25, 0.3) is 0 Å². The Balaban J connectivity index is 1.81. The third-order valence-corrected chi connectivity index (χ3v) is 3.38. The van der Waals surface area contributed by atoms with Gasteiger partial charge in [-0.2, -0.15) is 0 Å². The molecule has 1 heterocycles. The van der Waals surface area contributed by atoms with Crippen LogP contribution in [0.15, 0.2) is 24.3 Å². The first kappa shape index (κ1) is 14.0. The van der Waals surface area contributed by atoms with E-state index in [2.05, 4.69) is 5.32 Å². The molecule has 0 amide bonds. The van der Waals surface area contributed by atoms with Crippen LogP contribution in [0.5, 0.6) is 0 Å². The maximum atomic E-state index is 13.1. The number of halogens is 1. The number of carboxylic acid groups (broad SMARTS) is 1. The molecule has 0 aromatic heterocycles. The highest BCUT2D eigenvalue weighted by Crippen LogP contribution is 2.20. The van der Waals surface area contributed by atoms with Crippen LogP contribution in [0.3, 0.4) is 0 Å². The minimum absolute atomic E-state index is 0.00294. The van der Waals surface area contributed by atoms with Crippen LogP contribution in [0.1, 0.15) is 31.4 Å². The van der Waals surface area contributed by atoms with Gasteiger partial charge < -0.3 is 15.2 Å². The van der Waals surface area contributed by atoms with Crippen LogP contribution in [0, 0.1) is 5.82 Å².